The number of H-pyrrole nitrogens is 1. The van der Waals surface area contributed by atoms with Crippen molar-refractivity contribution in [3.63, 3.8) is 0 Å². The van der Waals surface area contributed by atoms with E-state index in [9.17, 15) is 5.11 Å². The summed E-state index contributed by atoms with van der Waals surface area (Å²) in [6, 6.07) is 16.4. The second kappa shape index (κ2) is 5.72. The number of aromatic amines is 1. The van der Waals surface area contributed by atoms with Crippen molar-refractivity contribution in [2.45, 2.75) is 0 Å². The fraction of sp³-hybridized carbons (Fsp3) is 0. The molecule has 21 heavy (non-hydrogen) atoms. The molecule has 0 aliphatic carbocycles. The Bertz CT molecular complexity index is 819. The number of nitrogens with zero attached hydrogens (tertiary/aromatic N) is 3. The first-order valence-corrected chi connectivity index (χ1v) is 6.71. The standard InChI is InChI=1S/C15H12N4OS/c20-13-8-6-12(7-9-13)14-17-18-15(21)19(14)16-10-11-4-2-1-3-5-11/h1-10,20H,(H,18,21)/b16-10+. The van der Waals surface area contributed by atoms with Gasteiger partial charge in [0.25, 0.3) is 0 Å². The molecule has 0 atom stereocenters. The summed E-state index contributed by atoms with van der Waals surface area (Å²) in [7, 11) is 0. The number of phenols is 1. The van der Waals surface area contributed by atoms with Gasteiger partial charge in [-0.1, -0.05) is 30.3 Å². The lowest BCUT2D eigenvalue weighted by atomic mass is 10.2. The lowest BCUT2D eigenvalue weighted by molar-refractivity contribution is 0.475. The summed E-state index contributed by atoms with van der Waals surface area (Å²) in [6.07, 6.45) is 1.72. The van der Waals surface area contributed by atoms with Gasteiger partial charge in [0.15, 0.2) is 5.82 Å². The average molecular weight is 296 g/mol. The van der Waals surface area contributed by atoms with Gasteiger partial charge >= 0.3 is 0 Å². The van der Waals surface area contributed by atoms with Crippen molar-refractivity contribution in [2.24, 2.45) is 5.10 Å². The molecule has 0 bridgehead atoms. The van der Waals surface area contributed by atoms with Crippen LogP contribution < -0.4 is 0 Å². The third kappa shape index (κ3) is 2.90. The van der Waals surface area contributed by atoms with Crippen LogP contribution in [0.2, 0.25) is 0 Å². The Morgan fingerprint density at radius 3 is 2.52 bits per heavy atom. The number of rotatable bonds is 3. The smallest absolute Gasteiger partial charge is 0.216 e. The molecule has 0 aliphatic rings. The second-order valence-electron chi connectivity index (χ2n) is 4.37. The quantitative estimate of drug-likeness (QED) is 0.576. The molecule has 2 aromatic carbocycles. The highest BCUT2D eigenvalue weighted by atomic mass is 32.1. The number of hydrogen-bond donors (Lipinski definition) is 2. The third-order valence-corrected chi connectivity index (χ3v) is 3.16. The van der Waals surface area contributed by atoms with Crippen molar-refractivity contribution in [3.05, 3.63) is 64.9 Å². The zero-order valence-corrected chi connectivity index (χ0v) is 11.8. The van der Waals surface area contributed by atoms with Crippen molar-refractivity contribution in [3.8, 4) is 17.1 Å². The summed E-state index contributed by atoms with van der Waals surface area (Å²) in [4.78, 5) is 0. The molecule has 0 fully saturated rings. The molecular formula is C15H12N4OS. The largest absolute Gasteiger partial charge is 0.508 e. The first-order valence-electron chi connectivity index (χ1n) is 6.30. The molecule has 0 amide bonds. The van der Waals surface area contributed by atoms with Crippen LogP contribution in [0, 0.1) is 4.77 Å². The number of benzene rings is 2. The fourth-order valence-electron chi connectivity index (χ4n) is 1.86. The predicted molar refractivity (Wildman–Crippen MR) is 83.9 cm³/mol. The maximum Gasteiger partial charge on any atom is 0.216 e. The van der Waals surface area contributed by atoms with Gasteiger partial charge in [0, 0.05) is 5.56 Å². The molecule has 6 heteroatoms. The summed E-state index contributed by atoms with van der Waals surface area (Å²) < 4.78 is 1.96. The molecule has 0 spiro atoms. The van der Waals surface area contributed by atoms with E-state index >= 15 is 0 Å². The van der Waals surface area contributed by atoms with Gasteiger partial charge in [0.05, 0.1) is 6.21 Å². The minimum Gasteiger partial charge on any atom is -0.508 e. The van der Waals surface area contributed by atoms with Gasteiger partial charge in [-0.05, 0) is 42.0 Å². The molecule has 0 saturated carbocycles. The van der Waals surface area contributed by atoms with E-state index in [-0.39, 0.29) is 5.75 Å². The lowest BCUT2D eigenvalue weighted by Crippen LogP contribution is -1.94. The highest BCUT2D eigenvalue weighted by Crippen LogP contribution is 2.20. The Hall–Kier alpha value is -2.73. The van der Waals surface area contributed by atoms with Crippen LogP contribution in [-0.4, -0.2) is 26.2 Å². The van der Waals surface area contributed by atoms with E-state index in [4.69, 9.17) is 12.2 Å². The van der Waals surface area contributed by atoms with Crippen LogP contribution >= 0.6 is 12.2 Å². The maximum absolute atomic E-state index is 9.34. The highest BCUT2D eigenvalue weighted by molar-refractivity contribution is 7.71. The first-order chi connectivity index (χ1) is 10.2. The van der Waals surface area contributed by atoms with Gasteiger partial charge in [-0.2, -0.15) is 14.9 Å². The van der Waals surface area contributed by atoms with Crippen molar-refractivity contribution in [2.75, 3.05) is 0 Å². The molecule has 0 unspecified atom stereocenters. The molecule has 0 saturated heterocycles. The maximum atomic E-state index is 9.34. The summed E-state index contributed by atoms with van der Waals surface area (Å²) in [5.41, 5.74) is 1.78. The van der Waals surface area contributed by atoms with Crippen LogP contribution in [-0.2, 0) is 0 Å². The Labute approximate surface area is 126 Å². The van der Waals surface area contributed by atoms with E-state index in [0.29, 0.717) is 10.6 Å². The number of hydrogen-bond acceptors (Lipinski definition) is 4. The minimum atomic E-state index is 0.201. The van der Waals surface area contributed by atoms with E-state index in [0.717, 1.165) is 11.1 Å². The third-order valence-electron chi connectivity index (χ3n) is 2.90. The summed E-state index contributed by atoms with van der Waals surface area (Å²) in [5, 5.41) is 20.6. The van der Waals surface area contributed by atoms with E-state index in [2.05, 4.69) is 15.3 Å². The number of aromatic hydroxyl groups is 1. The van der Waals surface area contributed by atoms with Crippen LogP contribution in [0.15, 0.2) is 59.7 Å². The summed E-state index contributed by atoms with van der Waals surface area (Å²) in [5.74, 6) is 0.791. The number of phenolic OH excluding ortho intramolecular Hbond substituents is 1. The van der Waals surface area contributed by atoms with Gasteiger partial charge in [0.1, 0.15) is 5.75 Å². The number of nitrogens with one attached hydrogen (secondary N) is 1. The van der Waals surface area contributed by atoms with Gasteiger partial charge in [-0.3, -0.25) is 0 Å². The van der Waals surface area contributed by atoms with Crippen LogP contribution in [0.25, 0.3) is 11.4 Å². The Morgan fingerprint density at radius 2 is 1.81 bits per heavy atom. The normalized spacial score (nSPS) is 11.0. The zero-order chi connectivity index (χ0) is 14.7. The first kappa shape index (κ1) is 13.3. The van der Waals surface area contributed by atoms with Crippen LogP contribution in [0.1, 0.15) is 5.56 Å². The highest BCUT2D eigenvalue weighted by Gasteiger charge is 2.07. The topological polar surface area (TPSA) is 66.2 Å². The molecule has 3 aromatic rings. The lowest BCUT2D eigenvalue weighted by Gasteiger charge is -2.01. The molecule has 5 nitrogen and oxygen atoms in total. The van der Waals surface area contributed by atoms with Gasteiger partial charge in [0.2, 0.25) is 4.77 Å². The van der Waals surface area contributed by atoms with Crippen molar-refractivity contribution < 1.29 is 5.11 Å². The van der Waals surface area contributed by atoms with E-state index < -0.39 is 0 Å². The van der Waals surface area contributed by atoms with Crippen LogP contribution in [0.4, 0.5) is 0 Å². The molecule has 3 rings (SSSR count). The molecule has 0 radical (unpaired) electrons. The Balaban J connectivity index is 2.00. The average Bonchev–Trinajstić information content (AvgIpc) is 2.88. The Kier molecular flexibility index (Phi) is 3.61. The molecule has 1 aromatic heterocycles. The van der Waals surface area contributed by atoms with Crippen molar-refractivity contribution >= 4 is 18.4 Å². The van der Waals surface area contributed by atoms with Gasteiger partial charge in [-0.15, -0.1) is 0 Å². The van der Waals surface area contributed by atoms with E-state index in [1.54, 1.807) is 35.2 Å². The second-order valence-corrected chi connectivity index (χ2v) is 4.75. The fourth-order valence-corrected chi connectivity index (χ4v) is 2.04. The Morgan fingerprint density at radius 1 is 1.10 bits per heavy atom. The number of aromatic nitrogens is 3. The van der Waals surface area contributed by atoms with Crippen LogP contribution in [0.3, 0.4) is 0 Å². The van der Waals surface area contributed by atoms with E-state index in [1.165, 1.54) is 0 Å². The summed E-state index contributed by atoms with van der Waals surface area (Å²) in [6.45, 7) is 0. The van der Waals surface area contributed by atoms with Gasteiger partial charge < -0.3 is 5.11 Å². The summed E-state index contributed by atoms with van der Waals surface area (Å²) >= 11 is 5.20. The molecule has 1 heterocycles. The predicted octanol–water partition coefficient (Wildman–Crippen LogP) is 3.20. The SMILES string of the molecule is Oc1ccc(-c2n[nH]c(=S)n2/N=C/c2ccccc2)cc1. The monoisotopic (exact) mass is 296 g/mol. The molecular weight excluding hydrogens is 284 g/mol. The van der Waals surface area contributed by atoms with Crippen LogP contribution in [0.5, 0.6) is 5.75 Å². The van der Waals surface area contributed by atoms with Crippen molar-refractivity contribution in [1.29, 1.82) is 0 Å². The van der Waals surface area contributed by atoms with Crippen molar-refractivity contribution in [1.82, 2.24) is 14.9 Å². The molecule has 0 aliphatic heterocycles. The zero-order valence-electron chi connectivity index (χ0n) is 11.0. The van der Waals surface area contributed by atoms with E-state index in [1.807, 2.05) is 30.3 Å². The molecule has 2 N–H and O–H groups in total. The minimum absolute atomic E-state index is 0.201. The molecule has 104 valence electrons. The van der Waals surface area contributed by atoms with Gasteiger partial charge in [-0.25, -0.2) is 5.10 Å².